The Labute approximate surface area is 169 Å². The summed E-state index contributed by atoms with van der Waals surface area (Å²) < 4.78 is 34.4. The van der Waals surface area contributed by atoms with Crippen LogP contribution in [0.25, 0.3) is 0 Å². The van der Waals surface area contributed by atoms with E-state index < -0.39 is 32.4 Å². The zero-order valence-electron chi connectivity index (χ0n) is 17.8. The van der Waals surface area contributed by atoms with Gasteiger partial charge in [-0.2, -0.15) is 0 Å². The van der Waals surface area contributed by atoms with Gasteiger partial charge in [0.1, 0.15) is 0 Å². The molecule has 27 heavy (non-hydrogen) atoms. The third-order valence-corrected chi connectivity index (χ3v) is 8.57. The number of carbonyl (C=O) groups excluding carboxylic acids is 2. The predicted octanol–water partition coefficient (Wildman–Crippen LogP) is 2.83. The summed E-state index contributed by atoms with van der Waals surface area (Å²) in [6, 6.07) is 0. The minimum atomic E-state index is -1.19. The Balaban J connectivity index is 4.38. The number of hydrogen-bond donors (Lipinski definition) is 0. The van der Waals surface area contributed by atoms with Crippen LogP contribution in [0.15, 0.2) is 0 Å². The van der Waals surface area contributed by atoms with E-state index in [4.69, 9.17) is 9.47 Å². The number of carbonyl (C=O) groups is 2. The highest BCUT2D eigenvalue weighted by Crippen LogP contribution is 2.29. The van der Waals surface area contributed by atoms with Crippen LogP contribution in [-0.4, -0.2) is 57.1 Å². The fourth-order valence-electron chi connectivity index (χ4n) is 3.08. The third-order valence-electron chi connectivity index (χ3n) is 4.83. The average molecular weight is 425 g/mol. The van der Waals surface area contributed by atoms with Crippen LogP contribution in [0.3, 0.4) is 0 Å². The summed E-state index contributed by atoms with van der Waals surface area (Å²) in [6.07, 6.45) is 2.47. The monoisotopic (exact) mass is 424 g/mol. The van der Waals surface area contributed by atoms with E-state index in [1.165, 1.54) is 14.2 Å². The highest BCUT2D eigenvalue weighted by Gasteiger charge is 2.40. The van der Waals surface area contributed by atoms with Gasteiger partial charge in [-0.05, 0) is 53.4 Å². The smallest absolute Gasteiger partial charge is 0.312 e. The lowest BCUT2D eigenvalue weighted by Gasteiger charge is -2.30. The van der Waals surface area contributed by atoms with Crippen molar-refractivity contribution in [3.8, 4) is 0 Å². The first-order valence-electron chi connectivity index (χ1n) is 9.33. The Hall–Kier alpha value is -0.760. The van der Waals surface area contributed by atoms with Gasteiger partial charge in [0.2, 0.25) is 0 Å². The van der Waals surface area contributed by atoms with E-state index in [1.54, 1.807) is 13.8 Å². The maximum Gasteiger partial charge on any atom is 0.312 e. The molecule has 6 nitrogen and oxygen atoms in total. The van der Waals surface area contributed by atoms with Gasteiger partial charge in [-0.25, -0.2) is 0 Å². The van der Waals surface area contributed by atoms with Gasteiger partial charge in [0.15, 0.2) is 0 Å². The molecule has 0 aromatic rings. The highest BCUT2D eigenvalue weighted by atomic mass is 32.2. The molecule has 3 unspecified atom stereocenters. The van der Waals surface area contributed by atoms with Gasteiger partial charge in [-0.3, -0.25) is 18.0 Å². The summed E-state index contributed by atoms with van der Waals surface area (Å²) in [6.45, 7) is 9.06. The Kier molecular flexibility index (Phi) is 11.6. The Morgan fingerprint density at radius 3 is 1.89 bits per heavy atom. The van der Waals surface area contributed by atoms with E-state index in [2.05, 4.69) is 0 Å². The summed E-state index contributed by atoms with van der Waals surface area (Å²) in [5.74, 6) is 0.775. The molecule has 0 radical (unpaired) electrons. The molecule has 0 heterocycles. The highest BCUT2D eigenvalue weighted by molar-refractivity contribution is 7.86. The van der Waals surface area contributed by atoms with Crippen molar-refractivity contribution in [3.05, 3.63) is 0 Å². The van der Waals surface area contributed by atoms with E-state index in [1.807, 2.05) is 20.8 Å². The van der Waals surface area contributed by atoms with Gasteiger partial charge >= 0.3 is 11.9 Å². The van der Waals surface area contributed by atoms with Crippen molar-refractivity contribution in [1.29, 1.82) is 0 Å². The Morgan fingerprint density at radius 1 is 0.889 bits per heavy atom. The van der Waals surface area contributed by atoms with Gasteiger partial charge in [0, 0.05) is 38.9 Å². The van der Waals surface area contributed by atoms with Crippen LogP contribution in [0.2, 0.25) is 0 Å². The lowest BCUT2D eigenvalue weighted by Crippen LogP contribution is -2.41. The Morgan fingerprint density at radius 2 is 1.41 bits per heavy atom. The van der Waals surface area contributed by atoms with Gasteiger partial charge < -0.3 is 9.47 Å². The average Bonchev–Trinajstić information content (AvgIpc) is 2.60. The first-order valence-corrected chi connectivity index (χ1v) is 12.2. The fraction of sp³-hybridized carbons (Fsp3) is 0.895. The van der Waals surface area contributed by atoms with E-state index in [9.17, 15) is 18.0 Å². The summed E-state index contributed by atoms with van der Waals surface area (Å²) in [5, 5.41) is -0.292. The zero-order chi connectivity index (χ0) is 21.3. The van der Waals surface area contributed by atoms with E-state index in [0.29, 0.717) is 42.9 Å². The summed E-state index contributed by atoms with van der Waals surface area (Å²) in [4.78, 5) is 23.6. The van der Waals surface area contributed by atoms with Crippen molar-refractivity contribution in [2.75, 3.05) is 31.5 Å². The van der Waals surface area contributed by atoms with Crippen LogP contribution in [0.5, 0.6) is 0 Å². The molecule has 0 bridgehead atoms. The first-order chi connectivity index (χ1) is 12.4. The Bertz CT molecular complexity index is 542. The molecule has 0 aromatic carbocycles. The van der Waals surface area contributed by atoms with Crippen molar-refractivity contribution in [2.24, 2.45) is 10.8 Å². The lowest BCUT2D eigenvalue weighted by molar-refractivity contribution is -0.151. The number of hydrogen-bond acceptors (Lipinski definition) is 6. The molecular formula is C19H36O6S2. The van der Waals surface area contributed by atoms with Gasteiger partial charge in [0.05, 0.1) is 30.3 Å². The second-order valence-corrected chi connectivity index (χ2v) is 11.3. The second-order valence-electron chi connectivity index (χ2n) is 7.88. The van der Waals surface area contributed by atoms with Crippen LogP contribution < -0.4 is 0 Å². The van der Waals surface area contributed by atoms with Crippen LogP contribution in [0.1, 0.15) is 60.3 Å². The lowest BCUT2D eigenvalue weighted by atomic mass is 9.87. The molecule has 0 saturated heterocycles. The molecule has 0 amide bonds. The molecule has 0 N–H and O–H groups in total. The molecule has 0 rings (SSSR count). The van der Waals surface area contributed by atoms with E-state index >= 15 is 0 Å². The van der Waals surface area contributed by atoms with Crippen LogP contribution >= 0.6 is 0 Å². The second kappa shape index (κ2) is 11.9. The molecular weight excluding hydrogens is 388 g/mol. The van der Waals surface area contributed by atoms with E-state index in [-0.39, 0.29) is 17.2 Å². The van der Waals surface area contributed by atoms with Gasteiger partial charge in [-0.1, -0.05) is 6.92 Å². The first kappa shape index (κ1) is 26.2. The summed E-state index contributed by atoms with van der Waals surface area (Å²) in [5.41, 5.74) is -1.39. The van der Waals surface area contributed by atoms with Crippen LogP contribution in [0.4, 0.5) is 0 Å². The van der Waals surface area contributed by atoms with Crippen molar-refractivity contribution >= 4 is 33.5 Å². The molecule has 160 valence electrons. The molecule has 0 aliphatic heterocycles. The summed E-state index contributed by atoms with van der Waals surface area (Å²) in [7, 11) is 0.505. The van der Waals surface area contributed by atoms with Gasteiger partial charge in [-0.15, -0.1) is 0 Å². The van der Waals surface area contributed by atoms with Crippen molar-refractivity contribution in [3.63, 3.8) is 0 Å². The third kappa shape index (κ3) is 8.42. The largest absolute Gasteiger partial charge is 0.469 e. The number of ether oxygens (including phenoxy) is 2. The molecule has 3 atom stereocenters. The zero-order valence-corrected chi connectivity index (χ0v) is 19.4. The predicted molar refractivity (Wildman–Crippen MR) is 110 cm³/mol. The van der Waals surface area contributed by atoms with Crippen molar-refractivity contribution in [1.82, 2.24) is 0 Å². The topological polar surface area (TPSA) is 86.7 Å². The number of rotatable bonds is 13. The SMILES string of the molecule is CCC(S(=O)CCCS(=O)CCCC(C)(C)C(=O)OC)C(C)(C)C(=O)OC. The molecule has 0 aliphatic carbocycles. The molecule has 0 aromatic heterocycles. The molecule has 0 fully saturated rings. The maximum absolute atomic E-state index is 12.6. The minimum absolute atomic E-state index is 0.262. The number of esters is 2. The normalized spacial score (nSPS) is 15.7. The van der Waals surface area contributed by atoms with Crippen molar-refractivity contribution < 1.29 is 27.5 Å². The standard InChI is InChI=1S/C19H36O6S2/c1-8-15(19(4,5)17(21)25-7)27(23)14-10-13-26(22)12-9-11-18(2,3)16(20)24-6/h15H,8-14H2,1-7H3. The van der Waals surface area contributed by atoms with Crippen molar-refractivity contribution in [2.45, 2.75) is 65.6 Å². The summed E-state index contributed by atoms with van der Waals surface area (Å²) >= 11 is 0. The van der Waals surface area contributed by atoms with Crippen LogP contribution in [0, 0.1) is 10.8 Å². The molecule has 0 aliphatic rings. The fourth-order valence-corrected chi connectivity index (χ4v) is 6.24. The quantitative estimate of drug-likeness (QED) is 0.423. The molecule has 8 heteroatoms. The molecule has 0 saturated carbocycles. The molecule has 0 spiro atoms. The van der Waals surface area contributed by atoms with Gasteiger partial charge in [0.25, 0.3) is 0 Å². The van der Waals surface area contributed by atoms with E-state index in [0.717, 1.165) is 0 Å². The minimum Gasteiger partial charge on any atom is -0.469 e. The number of methoxy groups -OCH3 is 2. The maximum atomic E-state index is 12.6. The van der Waals surface area contributed by atoms with Crippen LogP contribution in [-0.2, 0) is 40.7 Å².